The lowest BCUT2D eigenvalue weighted by Gasteiger charge is -2.31. The van der Waals surface area contributed by atoms with E-state index in [1.807, 2.05) is 38.1 Å². The van der Waals surface area contributed by atoms with Crippen molar-refractivity contribution in [2.24, 2.45) is 0 Å². The highest BCUT2D eigenvalue weighted by atomic mass is 35.5. The Kier molecular flexibility index (Phi) is 5.15. The summed E-state index contributed by atoms with van der Waals surface area (Å²) in [4.78, 5) is 12.0. The Morgan fingerprint density at radius 2 is 1.94 bits per heavy atom. The molecule has 1 aromatic rings. The van der Waals surface area contributed by atoms with Crippen LogP contribution in [0.2, 0.25) is 0 Å². The molecule has 0 spiro atoms. The maximum absolute atomic E-state index is 12.9. The van der Waals surface area contributed by atoms with Crippen molar-refractivity contribution in [2.45, 2.75) is 44.8 Å². The van der Waals surface area contributed by atoms with Crippen LogP contribution in [0.4, 0.5) is 4.39 Å². The van der Waals surface area contributed by atoms with Gasteiger partial charge in [0.05, 0.1) is 0 Å². The second kappa shape index (κ2) is 6.19. The van der Waals surface area contributed by atoms with Crippen molar-refractivity contribution in [3.8, 4) is 0 Å². The predicted octanol–water partition coefficient (Wildman–Crippen LogP) is 3.46. The van der Waals surface area contributed by atoms with Gasteiger partial charge in [-0.3, -0.25) is 4.79 Å². The van der Waals surface area contributed by atoms with Crippen LogP contribution in [0.25, 0.3) is 0 Å². The minimum absolute atomic E-state index is 0. The molecule has 1 aromatic carbocycles. The molecule has 4 heteroatoms. The molecule has 0 heterocycles. The summed E-state index contributed by atoms with van der Waals surface area (Å²) in [6.45, 7) is 3.86. The number of rotatable bonds is 3. The summed E-state index contributed by atoms with van der Waals surface area (Å²) in [7, 11) is 0. The fraction of sp³-hybridized carbons (Fsp3) is 0.500. The van der Waals surface area contributed by atoms with Gasteiger partial charge < -0.3 is 5.32 Å². The zero-order chi connectivity index (χ0) is 12.4. The average molecular weight is 272 g/mol. The molecule has 18 heavy (non-hydrogen) atoms. The lowest BCUT2D eigenvalue weighted by molar-refractivity contribution is 0.0938. The molecule has 0 unspecified atom stereocenters. The third kappa shape index (κ3) is 3.22. The van der Waals surface area contributed by atoms with Crippen LogP contribution in [0.5, 0.6) is 0 Å². The summed E-state index contributed by atoms with van der Waals surface area (Å²) in [5, 5.41) is 2.88. The lowest BCUT2D eigenvalue weighted by Crippen LogP contribution is -2.32. The Labute approximate surface area is 113 Å². The van der Waals surface area contributed by atoms with Gasteiger partial charge in [0.1, 0.15) is 6.17 Å². The summed E-state index contributed by atoms with van der Waals surface area (Å²) in [5.41, 5.74) is 1.68. The van der Waals surface area contributed by atoms with E-state index in [0.29, 0.717) is 18.4 Å². The van der Waals surface area contributed by atoms with Crippen molar-refractivity contribution in [1.29, 1.82) is 0 Å². The van der Waals surface area contributed by atoms with E-state index in [4.69, 9.17) is 0 Å². The van der Waals surface area contributed by atoms with Gasteiger partial charge in [-0.2, -0.15) is 0 Å². The van der Waals surface area contributed by atoms with Gasteiger partial charge in [0, 0.05) is 11.6 Å². The Balaban J connectivity index is 0.00000162. The van der Waals surface area contributed by atoms with Gasteiger partial charge in [-0.25, -0.2) is 4.39 Å². The molecule has 0 radical (unpaired) electrons. The number of hydrogen-bond donors (Lipinski definition) is 1. The topological polar surface area (TPSA) is 29.1 Å². The molecule has 0 aliphatic heterocycles. The van der Waals surface area contributed by atoms with Crippen LogP contribution in [-0.4, -0.2) is 18.1 Å². The smallest absolute Gasteiger partial charge is 0.251 e. The summed E-state index contributed by atoms with van der Waals surface area (Å²) >= 11 is 0. The van der Waals surface area contributed by atoms with Crippen molar-refractivity contribution in [2.75, 3.05) is 0 Å². The molecule has 0 bridgehead atoms. The molecule has 1 aliphatic rings. The van der Waals surface area contributed by atoms with Crippen molar-refractivity contribution < 1.29 is 9.18 Å². The van der Waals surface area contributed by atoms with Crippen molar-refractivity contribution >= 4 is 18.3 Å². The number of carbonyl (C=O) groups excluding carboxylic acids is 1. The van der Waals surface area contributed by atoms with E-state index < -0.39 is 6.17 Å². The zero-order valence-electron chi connectivity index (χ0n) is 10.7. The first-order valence-electron chi connectivity index (χ1n) is 6.11. The minimum atomic E-state index is -0.693. The molecule has 0 saturated heterocycles. The number of amides is 1. The fourth-order valence-corrected chi connectivity index (χ4v) is 2.20. The van der Waals surface area contributed by atoms with Crippen LogP contribution in [0.1, 0.15) is 48.5 Å². The number of hydrogen-bond acceptors (Lipinski definition) is 1. The minimum Gasteiger partial charge on any atom is -0.350 e. The summed E-state index contributed by atoms with van der Waals surface area (Å²) in [6, 6.07) is 7.63. The highest BCUT2D eigenvalue weighted by Gasteiger charge is 2.32. The lowest BCUT2D eigenvalue weighted by atomic mass is 9.76. The molecule has 0 aromatic heterocycles. The van der Waals surface area contributed by atoms with Gasteiger partial charge in [-0.05, 0) is 44.2 Å². The van der Waals surface area contributed by atoms with E-state index in [1.165, 1.54) is 0 Å². The van der Waals surface area contributed by atoms with E-state index in [9.17, 15) is 9.18 Å². The predicted molar refractivity (Wildman–Crippen MR) is 73.2 cm³/mol. The second-order valence-electron chi connectivity index (χ2n) is 4.98. The number of halogens is 2. The van der Waals surface area contributed by atoms with E-state index in [-0.39, 0.29) is 30.3 Å². The van der Waals surface area contributed by atoms with E-state index in [0.717, 1.165) is 5.56 Å². The number of carbonyl (C=O) groups is 1. The highest BCUT2D eigenvalue weighted by molar-refractivity contribution is 5.96. The van der Waals surface area contributed by atoms with Crippen LogP contribution in [0, 0.1) is 0 Å². The number of benzene rings is 1. The number of alkyl halides is 1. The third-order valence-electron chi connectivity index (χ3n) is 3.15. The molecule has 1 N–H and O–H groups in total. The van der Waals surface area contributed by atoms with Gasteiger partial charge in [-0.15, -0.1) is 12.4 Å². The molecule has 100 valence electrons. The molecule has 1 amide bonds. The first-order chi connectivity index (χ1) is 8.08. The fourth-order valence-electron chi connectivity index (χ4n) is 2.20. The maximum Gasteiger partial charge on any atom is 0.251 e. The van der Waals surface area contributed by atoms with Crippen molar-refractivity contribution in [3.63, 3.8) is 0 Å². The summed E-state index contributed by atoms with van der Waals surface area (Å²) < 4.78 is 12.9. The van der Waals surface area contributed by atoms with Gasteiger partial charge in [0.15, 0.2) is 0 Å². The second-order valence-corrected chi connectivity index (χ2v) is 4.98. The van der Waals surface area contributed by atoms with Crippen molar-refractivity contribution in [3.05, 3.63) is 35.4 Å². The van der Waals surface area contributed by atoms with Gasteiger partial charge >= 0.3 is 0 Å². The van der Waals surface area contributed by atoms with Crippen LogP contribution in [-0.2, 0) is 0 Å². The SMILES string of the molecule is CC(C)NC(=O)c1ccccc1C1CC(F)C1.Cl. The Bertz CT molecular complexity index is 416. The normalized spacial score (nSPS) is 22.0. The standard InChI is InChI=1S/C14H18FNO.ClH/c1-9(2)16-14(17)13-6-4-3-5-12(13)10-7-11(15)8-10;/h3-6,9-11H,7-8H2,1-2H3,(H,16,17);1H. The summed E-state index contributed by atoms with van der Waals surface area (Å²) in [5.74, 6) is 0.150. The van der Waals surface area contributed by atoms with Crippen LogP contribution < -0.4 is 5.32 Å². The Hall–Kier alpha value is -1.09. The van der Waals surface area contributed by atoms with E-state index >= 15 is 0 Å². The Morgan fingerprint density at radius 1 is 1.33 bits per heavy atom. The highest BCUT2D eigenvalue weighted by Crippen LogP contribution is 2.40. The van der Waals surface area contributed by atoms with E-state index in [1.54, 1.807) is 0 Å². The average Bonchev–Trinajstić information content (AvgIpc) is 2.24. The Morgan fingerprint density at radius 3 is 2.50 bits per heavy atom. The molecule has 2 rings (SSSR count). The molecule has 1 aliphatic carbocycles. The van der Waals surface area contributed by atoms with Gasteiger partial charge in [-0.1, -0.05) is 18.2 Å². The zero-order valence-corrected chi connectivity index (χ0v) is 11.5. The third-order valence-corrected chi connectivity index (χ3v) is 3.15. The molecular formula is C14H19ClFNO. The monoisotopic (exact) mass is 271 g/mol. The number of nitrogens with one attached hydrogen (secondary N) is 1. The molecule has 2 nitrogen and oxygen atoms in total. The van der Waals surface area contributed by atoms with Crippen molar-refractivity contribution in [1.82, 2.24) is 5.32 Å². The van der Waals surface area contributed by atoms with Gasteiger partial charge in [0.2, 0.25) is 0 Å². The van der Waals surface area contributed by atoms with E-state index in [2.05, 4.69) is 5.32 Å². The van der Waals surface area contributed by atoms with Gasteiger partial charge in [0.25, 0.3) is 5.91 Å². The largest absolute Gasteiger partial charge is 0.350 e. The van der Waals surface area contributed by atoms with Crippen LogP contribution in [0.15, 0.2) is 24.3 Å². The van der Waals surface area contributed by atoms with Crippen LogP contribution in [0.3, 0.4) is 0 Å². The first kappa shape index (κ1) is 15.0. The molecule has 1 saturated carbocycles. The molecular weight excluding hydrogens is 253 g/mol. The molecule has 0 atom stereocenters. The first-order valence-corrected chi connectivity index (χ1v) is 6.11. The maximum atomic E-state index is 12.9. The quantitative estimate of drug-likeness (QED) is 0.896. The molecule has 1 fully saturated rings. The van der Waals surface area contributed by atoms with Crippen LogP contribution >= 0.6 is 12.4 Å². The summed E-state index contributed by atoms with van der Waals surface area (Å²) in [6.07, 6.45) is 0.402.